The van der Waals surface area contributed by atoms with Gasteiger partial charge in [0.15, 0.2) is 5.58 Å². The summed E-state index contributed by atoms with van der Waals surface area (Å²) in [6.07, 6.45) is 0. The molecule has 0 bridgehead atoms. The van der Waals surface area contributed by atoms with Crippen LogP contribution >= 0.6 is 0 Å². The van der Waals surface area contributed by atoms with Crippen LogP contribution in [0.3, 0.4) is 0 Å². The number of nitrogens with one attached hydrogen (secondary N) is 1. The number of hydrogen-bond acceptors (Lipinski definition) is 4. The van der Waals surface area contributed by atoms with Crippen molar-refractivity contribution in [1.29, 1.82) is 0 Å². The van der Waals surface area contributed by atoms with E-state index >= 15 is 0 Å². The summed E-state index contributed by atoms with van der Waals surface area (Å²) < 4.78 is 21.4. The second kappa shape index (κ2) is 8.16. The second-order valence-corrected chi connectivity index (χ2v) is 6.60. The quantitative estimate of drug-likeness (QED) is 0.568. The fourth-order valence-electron chi connectivity index (χ4n) is 3.11. The van der Waals surface area contributed by atoms with Crippen molar-refractivity contribution in [1.82, 2.24) is 9.88 Å². The highest BCUT2D eigenvalue weighted by Gasteiger charge is 2.11. The Bertz CT molecular complexity index is 1350. The Morgan fingerprint density at radius 3 is 2.47 bits per heavy atom. The lowest BCUT2D eigenvalue weighted by Crippen LogP contribution is -2.35. The Labute approximate surface area is 170 Å². The molecule has 4 rings (SSSR count). The summed E-state index contributed by atoms with van der Waals surface area (Å²) in [5.74, 6) is -0.610. The summed E-state index contributed by atoms with van der Waals surface area (Å²) in [4.78, 5) is 29.1. The van der Waals surface area contributed by atoms with Gasteiger partial charge in [0.05, 0.1) is 17.7 Å². The Balaban J connectivity index is 1.86. The van der Waals surface area contributed by atoms with Crippen LogP contribution < -0.4 is 16.4 Å². The third-order valence-corrected chi connectivity index (χ3v) is 4.66. The van der Waals surface area contributed by atoms with Crippen LogP contribution in [0.15, 0.2) is 87.0 Å². The normalized spacial score (nSPS) is 11.6. The monoisotopic (exact) mass is 403 g/mol. The molecule has 0 unspecified atom stereocenters. The highest BCUT2D eigenvalue weighted by atomic mass is 19.1. The molecule has 1 aromatic heterocycles. The molecule has 7 heteroatoms. The van der Waals surface area contributed by atoms with Crippen LogP contribution in [0.4, 0.5) is 10.1 Å². The van der Waals surface area contributed by atoms with E-state index in [1.165, 1.54) is 10.6 Å². The molecule has 0 fully saturated rings. The van der Waals surface area contributed by atoms with Crippen LogP contribution in [-0.4, -0.2) is 17.5 Å². The third-order valence-electron chi connectivity index (χ3n) is 4.66. The van der Waals surface area contributed by atoms with E-state index in [4.69, 9.17) is 4.42 Å². The maximum absolute atomic E-state index is 14.2. The Hall–Kier alpha value is -4.00. The molecule has 1 N–H and O–H groups in total. The summed E-state index contributed by atoms with van der Waals surface area (Å²) in [5, 5.41) is 2.54. The molecular weight excluding hydrogens is 385 g/mol. The van der Waals surface area contributed by atoms with E-state index in [0.717, 1.165) is 0 Å². The molecule has 6 nitrogen and oxygen atoms in total. The molecule has 3 aromatic carbocycles. The summed E-state index contributed by atoms with van der Waals surface area (Å²) in [6, 6.07) is 19.8. The van der Waals surface area contributed by atoms with Gasteiger partial charge in [-0.25, -0.2) is 9.38 Å². The molecule has 0 radical (unpaired) electrons. The first-order chi connectivity index (χ1) is 14.6. The number of fused-ring (bicyclic) bond motifs is 1. The molecule has 0 spiro atoms. The van der Waals surface area contributed by atoms with E-state index in [-0.39, 0.29) is 18.0 Å². The van der Waals surface area contributed by atoms with Gasteiger partial charge < -0.3 is 9.73 Å². The largest absolute Gasteiger partial charge is 0.432 e. The molecule has 0 aliphatic carbocycles. The number of benzene rings is 3. The van der Waals surface area contributed by atoms with Gasteiger partial charge in [0.2, 0.25) is 0 Å². The van der Waals surface area contributed by atoms with Crippen LogP contribution in [0.1, 0.15) is 15.9 Å². The SMILES string of the molecule is CNC(=O)c1ccc(N=c2oc3ccccc3n(Cc3ccccc3F)c2=O)cc1. The topological polar surface area (TPSA) is 76.6 Å². The van der Waals surface area contributed by atoms with Gasteiger partial charge >= 0.3 is 5.56 Å². The van der Waals surface area contributed by atoms with E-state index in [0.29, 0.717) is 27.9 Å². The first kappa shape index (κ1) is 19.3. The first-order valence-corrected chi connectivity index (χ1v) is 9.30. The average molecular weight is 403 g/mol. The number of carbonyl (C=O) groups excluding carboxylic acids is 1. The standard InChI is InChI=1S/C23H18FN3O3/c1-25-21(28)15-10-12-17(13-11-15)26-22-23(29)27(14-16-6-2-3-7-18(16)24)19-8-4-5-9-20(19)30-22/h2-13H,14H2,1H3,(H,25,28). The zero-order chi connectivity index (χ0) is 21.1. The number of nitrogens with zero attached hydrogens (tertiary/aromatic N) is 2. The Morgan fingerprint density at radius 1 is 1.03 bits per heavy atom. The zero-order valence-electron chi connectivity index (χ0n) is 16.1. The van der Waals surface area contributed by atoms with Gasteiger partial charge in [-0.15, -0.1) is 0 Å². The minimum absolute atomic E-state index is 0.0422. The average Bonchev–Trinajstić information content (AvgIpc) is 2.78. The Morgan fingerprint density at radius 2 is 1.73 bits per heavy atom. The smallest absolute Gasteiger partial charge is 0.314 e. The Kier molecular flexibility index (Phi) is 5.26. The van der Waals surface area contributed by atoms with Crippen molar-refractivity contribution in [3.05, 3.63) is 106 Å². The van der Waals surface area contributed by atoms with E-state index in [9.17, 15) is 14.0 Å². The van der Waals surface area contributed by atoms with E-state index in [1.54, 1.807) is 73.8 Å². The molecule has 0 saturated carbocycles. The number of carbonyl (C=O) groups is 1. The highest BCUT2D eigenvalue weighted by Crippen LogP contribution is 2.15. The molecule has 4 aromatic rings. The number of amides is 1. The van der Waals surface area contributed by atoms with Crippen LogP contribution in [0.5, 0.6) is 0 Å². The lowest BCUT2D eigenvalue weighted by atomic mass is 10.2. The molecule has 1 amide bonds. The van der Waals surface area contributed by atoms with Gasteiger partial charge in [0, 0.05) is 18.2 Å². The molecule has 0 aliphatic heterocycles. The van der Waals surface area contributed by atoms with Crippen molar-refractivity contribution in [3.8, 4) is 0 Å². The molecule has 0 saturated heterocycles. The fourth-order valence-corrected chi connectivity index (χ4v) is 3.11. The summed E-state index contributed by atoms with van der Waals surface area (Å²) in [5.41, 5.74) is 1.70. The molecular formula is C23H18FN3O3. The molecule has 1 heterocycles. The predicted octanol–water partition coefficient (Wildman–Crippen LogP) is 3.37. The van der Waals surface area contributed by atoms with Gasteiger partial charge in [-0.2, -0.15) is 0 Å². The van der Waals surface area contributed by atoms with Crippen LogP contribution in [0.25, 0.3) is 11.1 Å². The fraction of sp³-hybridized carbons (Fsp3) is 0.0870. The highest BCUT2D eigenvalue weighted by molar-refractivity contribution is 5.94. The molecule has 0 aliphatic rings. The van der Waals surface area contributed by atoms with E-state index < -0.39 is 11.4 Å². The molecule has 30 heavy (non-hydrogen) atoms. The minimum Gasteiger partial charge on any atom is -0.432 e. The van der Waals surface area contributed by atoms with Crippen molar-refractivity contribution in [3.63, 3.8) is 0 Å². The minimum atomic E-state index is -0.479. The van der Waals surface area contributed by atoms with Crippen molar-refractivity contribution in [2.45, 2.75) is 6.54 Å². The summed E-state index contributed by atoms with van der Waals surface area (Å²) in [6.45, 7) is 0.0422. The van der Waals surface area contributed by atoms with Crippen molar-refractivity contribution >= 4 is 22.7 Å². The molecule has 0 atom stereocenters. The van der Waals surface area contributed by atoms with Crippen LogP contribution in [-0.2, 0) is 6.54 Å². The van der Waals surface area contributed by atoms with Crippen LogP contribution in [0, 0.1) is 5.82 Å². The third kappa shape index (κ3) is 3.77. The van der Waals surface area contributed by atoms with Crippen molar-refractivity contribution in [2.75, 3.05) is 7.05 Å². The number of para-hydroxylation sites is 2. The number of aromatic nitrogens is 1. The molecule has 150 valence electrons. The van der Waals surface area contributed by atoms with Gasteiger partial charge in [-0.3, -0.25) is 14.2 Å². The van der Waals surface area contributed by atoms with Gasteiger partial charge in [-0.1, -0.05) is 30.3 Å². The lowest BCUT2D eigenvalue weighted by Gasteiger charge is -2.10. The zero-order valence-corrected chi connectivity index (χ0v) is 16.1. The number of halogens is 1. The maximum Gasteiger partial charge on any atom is 0.314 e. The first-order valence-electron chi connectivity index (χ1n) is 9.30. The van der Waals surface area contributed by atoms with Crippen LogP contribution in [0.2, 0.25) is 0 Å². The van der Waals surface area contributed by atoms with Gasteiger partial charge in [0.1, 0.15) is 5.82 Å². The maximum atomic E-state index is 14.2. The van der Waals surface area contributed by atoms with Gasteiger partial charge in [0.25, 0.3) is 11.5 Å². The second-order valence-electron chi connectivity index (χ2n) is 6.60. The van der Waals surface area contributed by atoms with Crippen molar-refractivity contribution in [2.24, 2.45) is 4.99 Å². The predicted molar refractivity (Wildman–Crippen MR) is 111 cm³/mol. The van der Waals surface area contributed by atoms with E-state index in [2.05, 4.69) is 10.3 Å². The lowest BCUT2D eigenvalue weighted by molar-refractivity contribution is 0.0963. The summed E-state index contributed by atoms with van der Waals surface area (Å²) >= 11 is 0. The van der Waals surface area contributed by atoms with Crippen molar-refractivity contribution < 1.29 is 13.6 Å². The number of rotatable bonds is 4. The number of hydrogen-bond donors (Lipinski definition) is 1. The summed E-state index contributed by atoms with van der Waals surface area (Å²) in [7, 11) is 1.55. The van der Waals surface area contributed by atoms with Gasteiger partial charge in [-0.05, 0) is 42.5 Å². The van der Waals surface area contributed by atoms with E-state index in [1.807, 2.05) is 0 Å².